The van der Waals surface area contributed by atoms with Crippen molar-refractivity contribution in [2.45, 2.75) is 13.0 Å². The molecule has 0 saturated carbocycles. The number of rotatable bonds is 2. The molecule has 116 valence electrons. The number of pyridine rings is 1. The zero-order chi connectivity index (χ0) is 16.0. The minimum Gasteiger partial charge on any atom is -0.488 e. The van der Waals surface area contributed by atoms with Gasteiger partial charge in [0.05, 0.1) is 23.3 Å². The number of nitrogens with zero attached hydrogens (tertiary/aromatic N) is 2. The smallest absolute Gasteiger partial charge is 0.253 e. The van der Waals surface area contributed by atoms with Crippen molar-refractivity contribution in [1.29, 1.82) is 0 Å². The molecule has 3 heterocycles. The molecule has 2 aromatic heterocycles. The van der Waals surface area contributed by atoms with Crippen LogP contribution in [-0.4, -0.2) is 21.9 Å². The van der Waals surface area contributed by atoms with E-state index in [4.69, 9.17) is 4.74 Å². The summed E-state index contributed by atoms with van der Waals surface area (Å²) in [6, 6.07) is 7.95. The van der Waals surface area contributed by atoms with E-state index in [1.54, 1.807) is 30.6 Å². The van der Waals surface area contributed by atoms with Gasteiger partial charge in [0, 0.05) is 11.8 Å². The van der Waals surface area contributed by atoms with Gasteiger partial charge in [0.15, 0.2) is 11.6 Å². The normalized spacial score (nSPS) is 16.2. The van der Waals surface area contributed by atoms with E-state index in [9.17, 15) is 9.18 Å². The molecule has 6 heteroatoms. The van der Waals surface area contributed by atoms with Crippen LogP contribution < -0.4 is 10.1 Å². The maximum absolute atomic E-state index is 13.7. The van der Waals surface area contributed by atoms with Crippen molar-refractivity contribution in [3.8, 4) is 5.75 Å². The van der Waals surface area contributed by atoms with Gasteiger partial charge in [0.2, 0.25) is 0 Å². The molecule has 0 bridgehead atoms. The minimum atomic E-state index is -0.408. The van der Waals surface area contributed by atoms with Crippen LogP contribution in [0.3, 0.4) is 0 Å². The molecule has 0 aliphatic carbocycles. The van der Waals surface area contributed by atoms with Crippen LogP contribution >= 0.6 is 0 Å². The summed E-state index contributed by atoms with van der Waals surface area (Å²) in [4.78, 5) is 16.7. The molecule has 1 N–H and O–H groups in total. The number of hydrogen-bond donors (Lipinski definition) is 1. The van der Waals surface area contributed by atoms with Crippen LogP contribution in [0, 0.1) is 12.7 Å². The van der Waals surface area contributed by atoms with E-state index < -0.39 is 5.82 Å². The lowest BCUT2D eigenvalue weighted by Gasteiger charge is -2.12. The van der Waals surface area contributed by atoms with Gasteiger partial charge < -0.3 is 14.5 Å². The van der Waals surface area contributed by atoms with Gasteiger partial charge in [0.25, 0.3) is 5.91 Å². The number of ether oxygens (including phenoxy) is 1. The molecule has 4 rings (SSSR count). The predicted octanol–water partition coefficient (Wildman–Crippen LogP) is 2.65. The summed E-state index contributed by atoms with van der Waals surface area (Å²) in [5, 5.41) is 2.89. The van der Waals surface area contributed by atoms with Gasteiger partial charge in [-0.3, -0.25) is 4.79 Å². The number of halogens is 1. The molecule has 0 radical (unpaired) electrons. The highest BCUT2D eigenvalue weighted by molar-refractivity contribution is 5.94. The van der Waals surface area contributed by atoms with Crippen LogP contribution in [-0.2, 0) is 0 Å². The van der Waals surface area contributed by atoms with Crippen LogP contribution in [0.25, 0.3) is 5.52 Å². The number of carbonyl (C=O) groups excluding carboxylic acids is 1. The number of fused-ring (bicyclic) bond motifs is 2. The molecule has 3 aromatic rings. The highest BCUT2D eigenvalue weighted by Crippen LogP contribution is 2.34. The largest absolute Gasteiger partial charge is 0.488 e. The van der Waals surface area contributed by atoms with E-state index in [2.05, 4.69) is 10.3 Å². The first kappa shape index (κ1) is 13.8. The number of hydrogen-bond acceptors (Lipinski definition) is 3. The summed E-state index contributed by atoms with van der Waals surface area (Å²) < 4.78 is 20.9. The van der Waals surface area contributed by atoms with E-state index in [0.717, 1.165) is 11.3 Å². The monoisotopic (exact) mass is 311 g/mol. The maximum Gasteiger partial charge on any atom is 0.253 e. The average molecular weight is 311 g/mol. The second-order valence-corrected chi connectivity index (χ2v) is 5.51. The highest BCUT2D eigenvalue weighted by Gasteiger charge is 2.28. The van der Waals surface area contributed by atoms with Gasteiger partial charge in [-0.25, -0.2) is 9.37 Å². The van der Waals surface area contributed by atoms with Crippen molar-refractivity contribution < 1.29 is 13.9 Å². The van der Waals surface area contributed by atoms with Crippen molar-refractivity contribution in [2.24, 2.45) is 0 Å². The lowest BCUT2D eigenvalue weighted by molar-refractivity contribution is 0.0930. The molecule has 1 aliphatic heterocycles. The Balaban J connectivity index is 1.61. The molecule has 0 fully saturated rings. The van der Waals surface area contributed by atoms with Gasteiger partial charge in [-0.2, -0.15) is 0 Å². The average Bonchev–Trinajstić information content (AvgIpc) is 3.13. The molecule has 5 nitrogen and oxygen atoms in total. The Kier molecular flexibility index (Phi) is 3.04. The Morgan fingerprint density at radius 3 is 3.13 bits per heavy atom. The molecule has 1 atom stereocenters. The maximum atomic E-state index is 13.7. The number of carbonyl (C=O) groups is 1. The molecule has 23 heavy (non-hydrogen) atoms. The van der Waals surface area contributed by atoms with Crippen molar-refractivity contribution >= 4 is 11.4 Å². The molecule has 0 spiro atoms. The number of imidazole rings is 1. The third-order valence-corrected chi connectivity index (χ3v) is 4.05. The number of nitrogens with one attached hydrogen (secondary N) is 1. The molecular weight excluding hydrogens is 297 g/mol. The Hall–Kier alpha value is -2.89. The summed E-state index contributed by atoms with van der Waals surface area (Å²) in [7, 11) is 0. The Bertz CT molecular complexity index is 919. The first-order valence-corrected chi connectivity index (χ1v) is 7.29. The van der Waals surface area contributed by atoms with Crippen molar-refractivity contribution in [3.63, 3.8) is 0 Å². The van der Waals surface area contributed by atoms with E-state index >= 15 is 0 Å². The number of para-hydroxylation sites is 1. The molecule has 1 unspecified atom stereocenters. The Morgan fingerprint density at radius 2 is 2.26 bits per heavy atom. The second kappa shape index (κ2) is 5.08. The number of amides is 1. The van der Waals surface area contributed by atoms with Gasteiger partial charge in [-0.1, -0.05) is 12.1 Å². The van der Waals surface area contributed by atoms with Gasteiger partial charge in [-0.05, 0) is 25.1 Å². The van der Waals surface area contributed by atoms with Crippen molar-refractivity contribution in [2.75, 3.05) is 6.61 Å². The van der Waals surface area contributed by atoms with Crippen molar-refractivity contribution in [1.82, 2.24) is 14.7 Å². The lowest BCUT2D eigenvalue weighted by atomic mass is 10.1. The summed E-state index contributed by atoms with van der Waals surface area (Å²) >= 11 is 0. The number of benzene rings is 1. The Morgan fingerprint density at radius 1 is 1.39 bits per heavy atom. The zero-order valence-electron chi connectivity index (χ0n) is 12.4. The quantitative estimate of drug-likeness (QED) is 0.791. The third kappa shape index (κ3) is 2.23. The molecule has 1 amide bonds. The first-order valence-electron chi connectivity index (χ1n) is 7.29. The lowest BCUT2D eigenvalue weighted by Crippen LogP contribution is -2.29. The fourth-order valence-electron chi connectivity index (χ4n) is 2.82. The summed E-state index contributed by atoms with van der Waals surface area (Å²) in [6.45, 7) is 2.10. The minimum absolute atomic E-state index is 0.221. The molecule has 0 saturated heterocycles. The van der Waals surface area contributed by atoms with E-state index in [1.807, 2.05) is 17.4 Å². The number of aryl methyl sites for hydroxylation is 1. The van der Waals surface area contributed by atoms with Crippen LogP contribution in [0.5, 0.6) is 5.75 Å². The summed E-state index contributed by atoms with van der Waals surface area (Å²) in [5.41, 5.74) is 2.11. The molecule has 1 aromatic carbocycles. The van der Waals surface area contributed by atoms with E-state index in [-0.39, 0.29) is 24.3 Å². The van der Waals surface area contributed by atoms with Crippen LogP contribution in [0.4, 0.5) is 4.39 Å². The van der Waals surface area contributed by atoms with Crippen molar-refractivity contribution in [3.05, 3.63) is 65.5 Å². The Labute approximate surface area is 131 Å². The third-order valence-electron chi connectivity index (χ3n) is 4.05. The van der Waals surface area contributed by atoms with Gasteiger partial charge in [-0.15, -0.1) is 0 Å². The topological polar surface area (TPSA) is 55.6 Å². The standard InChI is InChI=1S/C17H14FN3O2/c1-10-19-7-12-6-5-11(8-21(10)12)17(22)20-15-9-23-16-13(15)3-2-4-14(16)18/h2-8,15H,9H2,1H3,(H,20,22). The highest BCUT2D eigenvalue weighted by atomic mass is 19.1. The zero-order valence-corrected chi connectivity index (χ0v) is 12.4. The fourth-order valence-corrected chi connectivity index (χ4v) is 2.82. The van der Waals surface area contributed by atoms with Crippen LogP contribution in [0.15, 0.2) is 42.7 Å². The SMILES string of the molecule is Cc1ncc2ccc(C(=O)NC3COc4c(F)cccc43)cn12. The van der Waals surface area contributed by atoms with Gasteiger partial charge in [0.1, 0.15) is 12.4 Å². The fraction of sp³-hybridized carbons (Fsp3) is 0.176. The van der Waals surface area contributed by atoms with E-state index in [1.165, 1.54) is 6.07 Å². The van der Waals surface area contributed by atoms with E-state index in [0.29, 0.717) is 11.1 Å². The number of aromatic nitrogens is 2. The molecule has 1 aliphatic rings. The second-order valence-electron chi connectivity index (χ2n) is 5.51. The summed E-state index contributed by atoms with van der Waals surface area (Å²) in [6.07, 6.45) is 3.50. The van der Waals surface area contributed by atoms with Gasteiger partial charge >= 0.3 is 0 Å². The predicted molar refractivity (Wildman–Crippen MR) is 82.0 cm³/mol. The molecular formula is C17H14FN3O2. The van der Waals surface area contributed by atoms with Crippen LogP contribution in [0.2, 0.25) is 0 Å². The summed E-state index contributed by atoms with van der Waals surface area (Å²) in [5.74, 6) is 0.394. The first-order chi connectivity index (χ1) is 11.1. The van der Waals surface area contributed by atoms with Crippen LogP contribution in [0.1, 0.15) is 27.8 Å².